The van der Waals surface area contributed by atoms with Crippen LogP contribution < -0.4 is 25.5 Å². The molecule has 2 aliphatic rings. The van der Waals surface area contributed by atoms with Crippen LogP contribution in [0.3, 0.4) is 0 Å². The predicted molar refractivity (Wildman–Crippen MR) is 239 cm³/mol. The average molecular weight is 735 g/mol. The summed E-state index contributed by atoms with van der Waals surface area (Å²) in [5.41, 5.74) is 16.0. The predicted octanol–water partition coefficient (Wildman–Crippen LogP) is 12.8. The number of benzene rings is 6. The van der Waals surface area contributed by atoms with E-state index in [0.717, 1.165) is 16.6 Å². The number of hydrogen-bond donors (Lipinski definition) is 0. The summed E-state index contributed by atoms with van der Waals surface area (Å²) in [7, 11) is 0. The molecule has 0 unspecified atom stereocenters. The van der Waals surface area contributed by atoms with Gasteiger partial charge in [-0.25, -0.2) is 0 Å². The standard InChI is InChI=1S/C50H47BN2OS/c1-48(2,3)30-17-22-33(23-18-30)52-39-26-21-32(50(7,8)9)27-38(39)51-45-40(52)14-12-15-41(45)53(34-24-19-31(20-25-34)49(4,5)6)46-37-28-43-36(29-44(37)55-47(46)51)35-13-10-11-16-42(35)54-43/h10-29H,1-9H3. The maximum atomic E-state index is 6.55. The van der Waals surface area contributed by atoms with Crippen LogP contribution in [0.15, 0.2) is 126 Å². The van der Waals surface area contributed by atoms with Crippen molar-refractivity contribution in [3.8, 4) is 0 Å². The lowest BCUT2D eigenvalue weighted by molar-refractivity contribution is 0.590. The third kappa shape index (κ3) is 5.23. The van der Waals surface area contributed by atoms with Gasteiger partial charge in [-0.2, -0.15) is 0 Å². The summed E-state index contributed by atoms with van der Waals surface area (Å²) in [6.45, 7) is 20.8. The van der Waals surface area contributed by atoms with Gasteiger partial charge in [0.1, 0.15) is 11.2 Å². The summed E-state index contributed by atoms with van der Waals surface area (Å²) in [6.07, 6.45) is 0. The SMILES string of the molecule is CC(C)(C)c1ccc(N2c3ccc(C(C)(C)C)cc3B3c4sc5cc6c(cc5c4N(c4ccc(C(C)(C)C)cc4)c4cccc2c43)oc2ccccc26)cc1. The van der Waals surface area contributed by atoms with E-state index in [4.69, 9.17) is 4.42 Å². The van der Waals surface area contributed by atoms with E-state index >= 15 is 0 Å². The molecule has 272 valence electrons. The average Bonchev–Trinajstić information content (AvgIpc) is 3.70. The number of hydrogen-bond acceptors (Lipinski definition) is 4. The van der Waals surface area contributed by atoms with Gasteiger partial charge in [-0.15, -0.1) is 11.3 Å². The van der Waals surface area contributed by atoms with Crippen LogP contribution in [0.25, 0.3) is 32.0 Å². The molecule has 10 rings (SSSR count). The van der Waals surface area contributed by atoms with Gasteiger partial charge < -0.3 is 14.2 Å². The van der Waals surface area contributed by atoms with E-state index in [0.29, 0.717) is 0 Å². The number of furan rings is 1. The smallest absolute Gasteiger partial charge is 0.264 e. The fraction of sp³-hybridized carbons (Fsp3) is 0.240. The van der Waals surface area contributed by atoms with Gasteiger partial charge in [0.2, 0.25) is 0 Å². The molecule has 2 aliphatic heterocycles. The maximum absolute atomic E-state index is 6.55. The molecular formula is C50H47BN2OS. The van der Waals surface area contributed by atoms with E-state index < -0.39 is 0 Å². The van der Waals surface area contributed by atoms with Crippen molar-refractivity contribution in [2.75, 3.05) is 9.80 Å². The Morgan fingerprint density at radius 3 is 1.71 bits per heavy atom. The zero-order valence-corrected chi connectivity index (χ0v) is 34.2. The van der Waals surface area contributed by atoms with Crippen LogP contribution in [-0.4, -0.2) is 6.71 Å². The Kier molecular flexibility index (Phi) is 7.24. The first kappa shape index (κ1) is 34.3. The maximum Gasteiger partial charge on any atom is 0.264 e. The zero-order valence-electron chi connectivity index (χ0n) is 33.3. The normalized spacial score (nSPS) is 14.2. The van der Waals surface area contributed by atoms with E-state index in [1.54, 1.807) is 0 Å². The molecule has 0 aliphatic carbocycles. The van der Waals surface area contributed by atoms with Crippen molar-refractivity contribution >= 4 is 99.9 Å². The fourth-order valence-corrected chi connectivity index (χ4v) is 10.2. The Labute approximate surface area is 329 Å². The second-order valence-corrected chi connectivity index (χ2v) is 19.8. The van der Waals surface area contributed by atoms with Gasteiger partial charge in [0.15, 0.2) is 0 Å². The Hall–Kier alpha value is -5.26. The van der Waals surface area contributed by atoms with E-state index in [1.165, 1.54) is 82.0 Å². The highest BCUT2D eigenvalue weighted by molar-refractivity contribution is 7.33. The first-order valence-corrected chi connectivity index (χ1v) is 20.4. The summed E-state index contributed by atoms with van der Waals surface area (Å²) in [5, 5.41) is 3.57. The zero-order chi connectivity index (χ0) is 38.2. The molecule has 0 radical (unpaired) electrons. The van der Waals surface area contributed by atoms with Crippen LogP contribution >= 0.6 is 11.3 Å². The molecule has 55 heavy (non-hydrogen) atoms. The lowest BCUT2D eigenvalue weighted by Crippen LogP contribution is -2.60. The largest absolute Gasteiger partial charge is 0.456 e. The van der Waals surface area contributed by atoms with E-state index in [2.05, 4.69) is 193 Å². The molecule has 2 aromatic heterocycles. The Morgan fingerprint density at radius 2 is 1.07 bits per heavy atom. The minimum absolute atomic E-state index is 0.00194. The van der Waals surface area contributed by atoms with Crippen LogP contribution in [0.2, 0.25) is 0 Å². The number of para-hydroxylation sites is 1. The van der Waals surface area contributed by atoms with Crippen LogP contribution in [0.4, 0.5) is 34.1 Å². The molecule has 5 heteroatoms. The second kappa shape index (κ2) is 11.6. The topological polar surface area (TPSA) is 19.6 Å². The summed E-state index contributed by atoms with van der Waals surface area (Å²) >= 11 is 1.95. The van der Waals surface area contributed by atoms with Crippen molar-refractivity contribution in [1.29, 1.82) is 0 Å². The Balaban J connectivity index is 1.29. The molecule has 0 bridgehead atoms. The van der Waals surface area contributed by atoms with Crippen LogP contribution in [0.5, 0.6) is 0 Å². The molecular weight excluding hydrogens is 687 g/mol. The lowest BCUT2D eigenvalue weighted by Gasteiger charge is -2.43. The molecule has 8 aromatic rings. The third-order valence-corrected chi connectivity index (χ3v) is 13.1. The molecule has 0 amide bonds. The second-order valence-electron chi connectivity index (χ2n) is 18.7. The number of thiophene rings is 1. The molecule has 0 N–H and O–H groups in total. The third-order valence-electron chi connectivity index (χ3n) is 11.9. The fourth-order valence-electron chi connectivity index (χ4n) is 8.88. The van der Waals surface area contributed by atoms with Crippen molar-refractivity contribution in [3.05, 3.63) is 138 Å². The highest BCUT2D eigenvalue weighted by atomic mass is 32.1. The van der Waals surface area contributed by atoms with Crippen LogP contribution in [0.1, 0.15) is 79.0 Å². The molecule has 6 aromatic carbocycles. The minimum Gasteiger partial charge on any atom is -0.456 e. The van der Waals surface area contributed by atoms with Crippen molar-refractivity contribution in [2.45, 2.75) is 78.6 Å². The first-order valence-electron chi connectivity index (χ1n) is 19.6. The van der Waals surface area contributed by atoms with Crippen molar-refractivity contribution < 1.29 is 4.42 Å². The summed E-state index contributed by atoms with van der Waals surface area (Å²) in [6, 6.07) is 45.8. The highest BCUT2D eigenvalue weighted by Gasteiger charge is 2.45. The van der Waals surface area contributed by atoms with Gasteiger partial charge in [-0.1, -0.05) is 123 Å². The number of anilines is 6. The minimum atomic E-state index is -0.00194. The van der Waals surface area contributed by atoms with Crippen molar-refractivity contribution in [1.82, 2.24) is 0 Å². The van der Waals surface area contributed by atoms with Gasteiger partial charge >= 0.3 is 0 Å². The number of nitrogens with zero attached hydrogens (tertiary/aromatic N) is 2. The van der Waals surface area contributed by atoms with Gasteiger partial charge in [0.05, 0.1) is 5.69 Å². The summed E-state index contributed by atoms with van der Waals surface area (Å²) < 4.78 is 9.21. The van der Waals surface area contributed by atoms with Crippen LogP contribution in [-0.2, 0) is 16.2 Å². The molecule has 0 spiro atoms. The summed E-state index contributed by atoms with van der Waals surface area (Å²) in [5.74, 6) is 0. The Morgan fingerprint density at radius 1 is 0.491 bits per heavy atom. The number of fused-ring (bicyclic) bond motifs is 9. The molecule has 4 heterocycles. The quantitative estimate of drug-likeness (QED) is 0.165. The first-order chi connectivity index (χ1) is 26.2. The molecule has 0 saturated heterocycles. The van der Waals surface area contributed by atoms with Gasteiger partial charge in [-0.3, -0.25) is 0 Å². The molecule has 0 atom stereocenters. The van der Waals surface area contributed by atoms with Gasteiger partial charge in [0.25, 0.3) is 6.71 Å². The van der Waals surface area contributed by atoms with E-state index in [1.807, 2.05) is 11.3 Å². The van der Waals surface area contributed by atoms with E-state index in [-0.39, 0.29) is 23.0 Å². The molecule has 0 fully saturated rings. The van der Waals surface area contributed by atoms with Crippen LogP contribution in [0, 0.1) is 0 Å². The lowest BCUT2D eigenvalue weighted by atomic mass is 9.36. The summed E-state index contributed by atoms with van der Waals surface area (Å²) in [4.78, 5) is 5.06. The van der Waals surface area contributed by atoms with Gasteiger partial charge in [0, 0.05) is 54.1 Å². The Bertz CT molecular complexity index is 2820. The number of rotatable bonds is 2. The highest BCUT2D eigenvalue weighted by Crippen LogP contribution is 2.49. The molecule has 0 saturated carbocycles. The van der Waals surface area contributed by atoms with E-state index in [9.17, 15) is 0 Å². The van der Waals surface area contributed by atoms with Gasteiger partial charge in [-0.05, 0) is 105 Å². The monoisotopic (exact) mass is 734 g/mol. The molecule has 3 nitrogen and oxygen atoms in total. The van der Waals surface area contributed by atoms with Crippen molar-refractivity contribution in [2.24, 2.45) is 0 Å². The van der Waals surface area contributed by atoms with Crippen molar-refractivity contribution in [3.63, 3.8) is 0 Å².